The highest BCUT2D eigenvalue weighted by Gasteiger charge is 2.35. The maximum atomic E-state index is 12.4. The number of anilines is 1. The quantitative estimate of drug-likeness (QED) is 0.943. The third-order valence-corrected chi connectivity index (χ3v) is 4.04. The molecule has 9 heteroatoms. The van der Waals surface area contributed by atoms with Gasteiger partial charge in [-0.1, -0.05) is 0 Å². The van der Waals surface area contributed by atoms with Gasteiger partial charge in [-0.25, -0.2) is 9.97 Å². The molecule has 0 spiro atoms. The summed E-state index contributed by atoms with van der Waals surface area (Å²) in [6, 6.07) is 0.191. The van der Waals surface area contributed by atoms with Crippen molar-refractivity contribution < 1.29 is 13.2 Å². The molecule has 0 bridgehead atoms. The lowest BCUT2D eigenvalue weighted by Gasteiger charge is -2.35. The van der Waals surface area contributed by atoms with Crippen LogP contribution in [0.25, 0.3) is 0 Å². The topological polar surface area (TPSA) is 55.6 Å². The Balaban J connectivity index is 1.48. The van der Waals surface area contributed by atoms with Crippen molar-refractivity contribution in [2.45, 2.75) is 31.6 Å². The van der Waals surface area contributed by atoms with Gasteiger partial charge in [0.15, 0.2) is 10.8 Å². The van der Waals surface area contributed by atoms with Crippen molar-refractivity contribution in [1.29, 1.82) is 0 Å². The van der Waals surface area contributed by atoms with Crippen LogP contribution in [0, 0.1) is 5.92 Å². The molecule has 0 saturated heterocycles. The zero-order valence-electron chi connectivity index (χ0n) is 10.3. The van der Waals surface area contributed by atoms with Gasteiger partial charge in [-0.15, -0.1) is 11.3 Å². The highest BCUT2D eigenvalue weighted by atomic mass is 32.1. The van der Waals surface area contributed by atoms with Gasteiger partial charge in [0, 0.05) is 18.0 Å². The Morgan fingerprint density at radius 2 is 2.20 bits per heavy atom. The summed E-state index contributed by atoms with van der Waals surface area (Å²) in [4.78, 5) is 7.43. The maximum Gasteiger partial charge on any atom is 0.434 e. The molecule has 2 aromatic heterocycles. The molecule has 2 heterocycles. The molecule has 0 amide bonds. The first kappa shape index (κ1) is 13.3. The average Bonchev–Trinajstić information content (AvgIpc) is 2.95. The fraction of sp³-hybridized carbons (Fsp3) is 0.545. The van der Waals surface area contributed by atoms with Crippen molar-refractivity contribution >= 4 is 16.5 Å². The summed E-state index contributed by atoms with van der Waals surface area (Å²) < 4.78 is 39.0. The number of alkyl halides is 3. The molecule has 1 aliphatic rings. The van der Waals surface area contributed by atoms with E-state index in [1.54, 1.807) is 11.0 Å². The minimum absolute atomic E-state index is 0.191. The van der Waals surface area contributed by atoms with E-state index < -0.39 is 11.9 Å². The second-order valence-electron chi connectivity index (χ2n) is 4.83. The summed E-state index contributed by atoms with van der Waals surface area (Å²) in [5.74, 6) is 0.483. The molecule has 0 radical (unpaired) electrons. The molecule has 0 unspecified atom stereocenters. The van der Waals surface area contributed by atoms with E-state index in [0.29, 0.717) is 11.0 Å². The lowest BCUT2D eigenvalue weighted by atomic mass is 9.80. The molecule has 0 atom stereocenters. The van der Waals surface area contributed by atoms with E-state index in [1.807, 2.05) is 0 Å². The van der Waals surface area contributed by atoms with Gasteiger partial charge in [-0.2, -0.15) is 18.3 Å². The van der Waals surface area contributed by atoms with Crippen molar-refractivity contribution in [2.24, 2.45) is 5.92 Å². The summed E-state index contributed by atoms with van der Waals surface area (Å²) in [6.45, 7) is 0.795. The van der Waals surface area contributed by atoms with Crippen molar-refractivity contribution in [2.75, 3.05) is 5.32 Å². The van der Waals surface area contributed by atoms with E-state index in [4.69, 9.17) is 0 Å². The van der Waals surface area contributed by atoms with Crippen LogP contribution in [0.15, 0.2) is 18.0 Å². The number of aromatic nitrogens is 4. The number of thiazole rings is 1. The fourth-order valence-electron chi connectivity index (χ4n) is 2.24. The first-order valence-corrected chi connectivity index (χ1v) is 7.00. The molecule has 0 aliphatic heterocycles. The van der Waals surface area contributed by atoms with Crippen LogP contribution in [0.3, 0.4) is 0 Å². The van der Waals surface area contributed by atoms with Gasteiger partial charge in [-0.3, -0.25) is 4.68 Å². The van der Waals surface area contributed by atoms with Crippen LogP contribution in [0.1, 0.15) is 18.5 Å². The van der Waals surface area contributed by atoms with Crippen LogP contribution in [0.4, 0.5) is 18.3 Å². The standard InChI is InChI=1S/C11H12F3N5S/c12-11(13,14)9-4-20-10(18-9)17-8-1-7(2-8)3-19-6-15-5-16-19/h4-8H,1-3H2,(H,17,18). The van der Waals surface area contributed by atoms with E-state index in [2.05, 4.69) is 20.4 Å². The predicted octanol–water partition coefficient (Wildman–Crippen LogP) is 2.64. The largest absolute Gasteiger partial charge is 0.434 e. The Morgan fingerprint density at radius 3 is 2.80 bits per heavy atom. The predicted molar refractivity (Wildman–Crippen MR) is 67.3 cm³/mol. The smallest absolute Gasteiger partial charge is 0.359 e. The molecular weight excluding hydrogens is 291 g/mol. The van der Waals surface area contributed by atoms with Crippen LogP contribution in [0.5, 0.6) is 0 Å². The van der Waals surface area contributed by atoms with Crippen LogP contribution in [-0.2, 0) is 12.7 Å². The zero-order valence-corrected chi connectivity index (χ0v) is 11.2. The molecule has 20 heavy (non-hydrogen) atoms. The average molecular weight is 303 g/mol. The van der Waals surface area contributed by atoms with Crippen LogP contribution in [0.2, 0.25) is 0 Å². The second-order valence-corrected chi connectivity index (χ2v) is 5.69. The number of rotatable bonds is 4. The zero-order chi connectivity index (χ0) is 14.2. The van der Waals surface area contributed by atoms with Gasteiger partial charge >= 0.3 is 6.18 Å². The highest BCUT2D eigenvalue weighted by Crippen LogP contribution is 2.35. The first-order chi connectivity index (χ1) is 9.50. The Labute approximate surface area is 116 Å². The summed E-state index contributed by atoms with van der Waals surface area (Å²) in [5.41, 5.74) is -0.830. The molecule has 1 aliphatic carbocycles. The van der Waals surface area contributed by atoms with Crippen molar-refractivity contribution in [3.63, 3.8) is 0 Å². The molecule has 0 aromatic carbocycles. The number of nitrogens with zero attached hydrogens (tertiary/aromatic N) is 4. The molecule has 3 rings (SSSR count). The molecule has 5 nitrogen and oxygen atoms in total. The normalized spacial score (nSPS) is 22.6. The van der Waals surface area contributed by atoms with Crippen LogP contribution in [-0.4, -0.2) is 25.8 Å². The Hall–Kier alpha value is -1.64. The molecule has 1 N–H and O–H groups in total. The monoisotopic (exact) mass is 303 g/mol. The van der Waals surface area contributed by atoms with Crippen LogP contribution >= 0.6 is 11.3 Å². The van der Waals surface area contributed by atoms with E-state index in [9.17, 15) is 13.2 Å². The fourth-order valence-corrected chi connectivity index (χ4v) is 3.03. The Morgan fingerprint density at radius 1 is 1.40 bits per heavy atom. The summed E-state index contributed by atoms with van der Waals surface area (Å²) >= 11 is 0.991. The van der Waals surface area contributed by atoms with E-state index in [1.165, 1.54) is 6.33 Å². The van der Waals surface area contributed by atoms with Gasteiger partial charge in [-0.05, 0) is 18.8 Å². The Bertz CT molecular complexity index is 559. The van der Waals surface area contributed by atoms with Gasteiger partial charge in [0.25, 0.3) is 0 Å². The third-order valence-electron chi connectivity index (χ3n) is 3.27. The highest BCUT2D eigenvalue weighted by molar-refractivity contribution is 7.13. The lowest BCUT2D eigenvalue weighted by Crippen LogP contribution is -2.37. The number of halogens is 3. The minimum atomic E-state index is -4.37. The van der Waals surface area contributed by atoms with Gasteiger partial charge in [0.05, 0.1) is 0 Å². The molecule has 108 valence electrons. The molecule has 2 aromatic rings. The van der Waals surface area contributed by atoms with E-state index >= 15 is 0 Å². The molecule has 1 saturated carbocycles. The van der Waals surface area contributed by atoms with E-state index in [-0.39, 0.29) is 6.04 Å². The van der Waals surface area contributed by atoms with Crippen LogP contribution < -0.4 is 5.32 Å². The summed E-state index contributed by atoms with van der Waals surface area (Å²) in [7, 11) is 0. The van der Waals surface area contributed by atoms with Crippen molar-refractivity contribution in [1.82, 2.24) is 19.7 Å². The SMILES string of the molecule is FC(F)(F)c1csc(NC2CC(Cn3cncn3)C2)n1. The van der Waals surface area contributed by atoms with E-state index in [0.717, 1.165) is 36.1 Å². The van der Waals surface area contributed by atoms with Crippen molar-refractivity contribution in [3.05, 3.63) is 23.7 Å². The summed E-state index contributed by atoms with van der Waals surface area (Å²) in [5, 5.41) is 8.44. The third kappa shape index (κ3) is 2.92. The maximum absolute atomic E-state index is 12.4. The first-order valence-electron chi connectivity index (χ1n) is 6.12. The lowest BCUT2D eigenvalue weighted by molar-refractivity contribution is -0.140. The minimum Gasteiger partial charge on any atom is -0.359 e. The molecule has 1 fully saturated rings. The van der Waals surface area contributed by atoms with Crippen molar-refractivity contribution in [3.8, 4) is 0 Å². The van der Waals surface area contributed by atoms with Gasteiger partial charge in [0.1, 0.15) is 12.7 Å². The number of hydrogen-bond donors (Lipinski definition) is 1. The summed E-state index contributed by atoms with van der Waals surface area (Å²) in [6.07, 6.45) is 0.590. The Kier molecular flexibility index (Phi) is 3.36. The number of hydrogen-bond acceptors (Lipinski definition) is 5. The van der Waals surface area contributed by atoms with Gasteiger partial charge in [0.2, 0.25) is 0 Å². The van der Waals surface area contributed by atoms with Gasteiger partial charge < -0.3 is 5.32 Å². The number of nitrogens with one attached hydrogen (secondary N) is 1. The molecular formula is C11H12F3N5S. The second kappa shape index (κ2) is 5.04.